The molecular formula is C19H23N3OS. The molecule has 0 radical (unpaired) electrons. The van der Waals surface area contributed by atoms with Crippen molar-refractivity contribution in [1.82, 2.24) is 14.9 Å². The number of carbonyl (C=O) groups is 1. The van der Waals surface area contributed by atoms with Crippen molar-refractivity contribution < 1.29 is 4.79 Å². The second-order valence-electron chi connectivity index (χ2n) is 7.05. The lowest BCUT2D eigenvalue weighted by Crippen LogP contribution is -2.42. The standard InChI is InChI=1S/C19H23N3OS/c1-13-7-10-22(11-8-13)19(23)14-5-6-15-17(12-14)24-18(21-15)16-4-2-3-9-20-16/h2-4,9,13-14H,5-8,10-12H2,1H3. The first-order chi connectivity index (χ1) is 11.7. The molecule has 4 rings (SSSR count). The Labute approximate surface area is 146 Å². The van der Waals surface area contributed by atoms with E-state index in [1.54, 1.807) is 17.5 Å². The quantitative estimate of drug-likeness (QED) is 0.839. The van der Waals surface area contributed by atoms with Crippen LogP contribution in [0.15, 0.2) is 24.4 Å². The molecule has 0 N–H and O–H groups in total. The summed E-state index contributed by atoms with van der Waals surface area (Å²) in [6.07, 6.45) is 6.80. The average molecular weight is 341 g/mol. The van der Waals surface area contributed by atoms with Crippen LogP contribution in [0.3, 0.4) is 0 Å². The number of fused-ring (bicyclic) bond motifs is 1. The number of aryl methyl sites for hydroxylation is 1. The van der Waals surface area contributed by atoms with Crippen LogP contribution < -0.4 is 0 Å². The number of carbonyl (C=O) groups excluding carboxylic acids is 1. The normalized spacial score (nSPS) is 21.5. The highest BCUT2D eigenvalue weighted by Gasteiger charge is 2.31. The minimum absolute atomic E-state index is 0.142. The minimum atomic E-state index is 0.142. The Balaban J connectivity index is 1.48. The van der Waals surface area contributed by atoms with Gasteiger partial charge in [0.15, 0.2) is 0 Å². The fraction of sp³-hybridized carbons (Fsp3) is 0.526. The molecule has 1 amide bonds. The van der Waals surface area contributed by atoms with Gasteiger partial charge in [0, 0.05) is 30.1 Å². The first kappa shape index (κ1) is 15.8. The third kappa shape index (κ3) is 3.09. The highest BCUT2D eigenvalue weighted by atomic mass is 32.1. The summed E-state index contributed by atoms with van der Waals surface area (Å²) in [5.41, 5.74) is 2.11. The van der Waals surface area contributed by atoms with Crippen molar-refractivity contribution in [2.45, 2.75) is 39.0 Å². The summed E-state index contributed by atoms with van der Waals surface area (Å²) in [6.45, 7) is 4.15. The molecule has 2 aromatic heterocycles. The van der Waals surface area contributed by atoms with E-state index in [4.69, 9.17) is 4.98 Å². The van der Waals surface area contributed by atoms with Gasteiger partial charge in [0.25, 0.3) is 0 Å². The molecule has 1 unspecified atom stereocenters. The number of aromatic nitrogens is 2. The largest absolute Gasteiger partial charge is 0.342 e. The van der Waals surface area contributed by atoms with Crippen LogP contribution in [-0.2, 0) is 17.6 Å². The first-order valence-electron chi connectivity index (χ1n) is 8.89. The lowest BCUT2D eigenvalue weighted by molar-refractivity contribution is -0.137. The summed E-state index contributed by atoms with van der Waals surface area (Å²) >= 11 is 1.71. The van der Waals surface area contributed by atoms with Gasteiger partial charge in [0.05, 0.1) is 11.4 Å². The van der Waals surface area contributed by atoms with Gasteiger partial charge in [-0.25, -0.2) is 4.98 Å². The number of amides is 1. The van der Waals surface area contributed by atoms with Gasteiger partial charge in [0.1, 0.15) is 5.01 Å². The van der Waals surface area contributed by atoms with E-state index < -0.39 is 0 Å². The average Bonchev–Trinajstić information content (AvgIpc) is 3.06. The highest BCUT2D eigenvalue weighted by Crippen LogP contribution is 2.35. The molecule has 1 saturated heterocycles. The molecule has 4 nitrogen and oxygen atoms in total. The van der Waals surface area contributed by atoms with Crippen LogP contribution >= 0.6 is 11.3 Å². The van der Waals surface area contributed by atoms with Crippen LogP contribution in [-0.4, -0.2) is 33.9 Å². The van der Waals surface area contributed by atoms with Crippen LogP contribution in [0.5, 0.6) is 0 Å². The van der Waals surface area contributed by atoms with Gasteiger partial charge < -0.3 is 4.90 Å². The van der Waals surface area contributed by atoms with Crippen molar-refractivity contribution in [2.24, 2.45) is 11.8 Å². The molecule has 5 heteroatoms. The van der Waals surface area contributed by atoms with Crippen molar-refractivity contribution in [2.75, 3.05) is 13.1 Å². The van der Waals surface area contributed by atoms with Crippen LogP contribution in [0.25, 0.3) is 10.7 Å². The van der Waals surface area contributed by atoms with Gasteiger partial charge in [0.2, 0.25) is 5.91 Å². The molecule has 0 spiro atoms. The lowest BCUT2D eigenvalue weighted by atomic mass is 9.89. The summed E-state index contributed by atoms with van der Waals surface area (Å²) in [6, 6.07) is 5.92. The van der Waals surface area contributed by atoms with Crippen LogP contribution in [0, 0.1) is 11.8 Å². The van der Waals surface area contributed by atoms with Gasteiger partial charge >= 0.3 is 0 Å². The molecule has 0 bridgehead atoms. The van der Waals surface area contributed by atoms with Crippen LogP contribution in [0.1, 0.15) is 36.8 Å². The molecular weight excluding hydrogens is 318 g/mol. The minimum Gasteiger partial charge on any atom is -0.342 e. The van der Waals surface area contributed by atoms with Gasteiger partial charge in [-0.15, -0.1) is 11.3 Å². The topological polar surface area (TPSA) is 46.1 Å². The Kier molecular flexibility index (Phi) is 4.35. The molecule has 1 fully saturated rings. The first-order valence-corrected chi connectivity index (χ1v) is 9.71. The predicted molar refractivity (Wildman–Crippen MR) is 95.8 cm³/mol. The highest BCUT2D eigenvalue weighted by molar-refractivity contribution is 7.15. The molecule has 3 heterocycles. The molecule has 1 atom stereocenters. The van der Waals surface area contributed by atoms with E-state index in [0.717, 1.165) is 61.8 Å². The van der Waals surface area contributed by atoms with Crippen molar-refractivity contribution in [3.63, 3.8) is 0 Å². The van der Waals surface area contributed by atoms with Crippen LogP contribution in [0.2, 0.25) is 0 Å². The third-order valence-electron chi connectivity index (χ3n) is 5.27. The van der Waals surface area contributed by atoms with Crippen molar-refractivity contribution >= 4 is 17.2 Å². The van der Waals surface area contributed by atoms with Crippen LogP contribution in [0.4, 0.5) is 0 Å². The maximum Gasteiger partial charge on any atom is 0.226 e. The van der Waals surface area contributed by atoms with Crippen molar-refractivity contribution in [3.8, 4) is 10.7 Å². The Hall–Kier alpha value is -1.75. The number of likely N-dealkylation sites (tertiary alicyclic amines) is 1. The maximum absolute atomic E-state index is 12.8. The van der Waals surface area contributed by atoms with Gasteiger partial charge in [-0.3, -0.25) is 9.78 Å². The summed E-state index contributed by atoms with van der Waals surface area (Å²) in [7, 11) is 0. The Morgan fingerprint density at radius 1 is 1.25 bits per heavy atom. The molecule has 0 aromatic carbocycles. The van der Waals surface area contributed by atoms with Gasteiger partial charge in [-0.1, -0.05) is 13.0 Å². The monoisotopic (exact) mass is 341 g/mol. The molecule has 24 heavy (non-hydrogen) atoms. The van der Waals surface area contributed by atoms with Crippen molar-refractivity contribution in [1.29, 1.82) is 0 Å². The smallest absolute Gasteiger partial charge is 0.226 e. The number of pyridine rings is 1. The summed E-state index contributed by atoms with van der Waals surface area (Å²) in [5.74, 6) is 1.26. The van der Waals surface area contributed by atoms with E-state index >= 15 is 0 Å². The number of nitrogens with zero attached hydrogens (tertiary/aromatic N) is 3. The van der Waals surface area contributed by atoms with Gasteiger partial charge in [-0.2, -0.15) is 0 Å². The van der Waals surface area contributed by atoms with E-state index in [1.807, 2.05) is 18.2 Å². The SMILES string of the molecule is CC1CCN(C(=O)C2CCc3nc(-c4ccccn4)sc3C2)CC1. The molecule has 1 aliphatic heterocycles. The zero-order chi connectivity index (χ0) is 16.5. The van der Waals surface area contributed by atoms with E-state index in [1.165, 1.54) is 10.6 Å². The zero-order valence-corrected chi connectivity index (χ0v) is 14.9. The number of hydrogen-bond donors (Lipinski definition) is 0. The number of rotatable bonds is 2. The van der Waals surface area contributed by atoms with Gasteiger partial charge in [-0.05, 0) is 50.2 Å². The third-order valence-corrected chi connectivity index (χ3v) is 6.41. The summed E-state index contributed by atoms with van der Waals surface area (Å²) in [5, 5.41) is 0.987. The molecule has 0 saturated carbocycles. The zero-order valence-electron chi connectivity index (χ0n) is 14.1. The van der Waals surface area contributed by atoms with E-state index in [0.29, 0.717) is 5.91 Å². The Bertz CT molecular complexity index is 719. The fourth-order valence-corrected chi connectivity index (χ4v) is 4.84. The molecule has 126 valence electrons. The van der Waals surface area contributed by atoms with E-state index in [9.17, 15) is 4.79 Å². The summed E-state index contributed by atoms with van der Waals surface area (Å²) in [4.78, 5) is 25.4. The summed E-state index contributed by atoms with van der Waals surface area (Å²) < 4.78 is 0. The number of thiazole rings is 1. The predicted octanol–water partition coefficient (Wildman–Crippen LogP) is 3.57. The Morgan fingerprint density at radius 2 is 2.08 bits per heavy atom. The van der Waals surface area contributed by atoms with Crippen molar-refractivity contribution in [3.05, 3.63) is 35.0 Å². The second-order valence-corrected chi connectivity index (χ2v) is 8.14. The number of hydrogen-bond acceptors (Lipinski definition) is 4. The number of piperidine rings is 1. The molecule has 2 aliphatic rings. The fourth-order valence-electron chi connectivity index (χ4n) is 3.67. The van der Waals surface area contributed by atoms with E-state index in [-0.39, 0.29) is 5.92 Å². The second kappa shape index (κ2) is 6.63. The molecule has 1 aliphatic carbocycles. The maximum atomic E-state index is 12.8. The van der Waals surface area contributed by atoms with E-state index in [2.05, 4.69) is 16.8 Å². The lowest BCUT2D eigenvalue weighted by Gasteiger charge is -2.34. The Morgan fingerprint density at radius 3 is 2.83 bits per heavy atom. The molecule has 2 aromatic rings.